The molecular formula is C23H18N2O3. The van der Waals surface area contributed by atoms with Crippen molar-refractivity contribution in [3.8, 4) is 11.4 Å². The minimum atomic E-state index is -1.06. The third kappa shape index (κ3) is 2.10. The molecule has 1 aromatic heterocycles. The Kier molecular flexibility index (Phi) is 3.43. The van der Waals surface area contributed by atoms with Gasteiger partial charge in [-0.15, -0.1) is 0 Å². The molecule has 4 aromatic rings. The molecule has 0 saturated carbocycles. The van der Waals surface area contributed by atoms with E-state index in [-0.39, 0.29) is 12.3 Å². The number of para-hydroxylation sites is 2. The van der Waals surface area contributed by atoms with Crippen molar-refractivity contribution in [3.05, 3.63) is 66.2 Å². The Hall–Kier alpha value is -3.47. The molecule has 0 spiro atoms. The van der Waals surface area contributed by atoms with Gasteiger partial charge in [0.05, 0.1) is 30.0 Å². The van der Waals surface area contributed by atoms with Crippen LogP contribution in [0.2, 0.25) is 0 Å². The number of esters is 1. The van der Waals surface area contributed by atoms with Gasteiger partial charge < -0.3 is 4.74 Å². The van der Waals surface area contributed by atoms with Crippen LogP contribution in [0.3, 0.4) is 0 Å². The van der Waals surface area contributed by atoms with Crippen molar-refractivity contribution in [3.63, 3.8) is 0 Å². The zero-order valence-corrected chi connectivity index (χ0v) is 15.6. The van der Waals surface area contributed by atoms with Gasteiger partial charge in [-0.2, -0.15) is 0 Å². The number of methoxy groups -OCH3 is 1. The number of aromatic nitrogens is 2. The summed E-state index contributed by atoms with van der Waals surface area (Å²) in [5.74, 6) is 0.0438. The van der Waals surface area contributed by atoms with Crippen LogP contribution in [0.25, 0.3) is 33.2 Å². The average molecular weight is 370 g/mol. The van der Waals surface area contributed by atoms with E-state index in [9.17, 15) is 9.59 Å². The number of ether oxygens (including phenoxy) is 1. The van der Waals surface area contributed by atoms with E-state index in [0.29, 0.717) is 5.82 Å². The van der Waals surface area contributed by atoms with E-state index in [0.717, 1.165) is 32.9 Å². The summed E-state index contributed by atoms with van der Waals surface area (Å²) in [6.07, 6.45) is -0.0325. The Bertz CT molecular complexity index is 1290. The van der Waals surface area contributed by atoms with Crippen LogP contribution < -0.4 is 0 Å². The number of benzene rings is 3. The maximum atomic E-state index is 13.8. The van der Waals surface area contributed by atoms with E-state index < -0.39 is 11.4 Å². The maximum Gasteiger partial charge on any atom is 0.306 e. The highest BCUT2D eigenvalue weighted by atomic mass is 16.5. The van der Waals surface area contributed by atoms with E-state index in [1.54, 1.807) is 4.57 Å². The third-order valence-electron chi connectivity index (χ3n) is 5.68. The zero-order valence-electron chi connectivity index (χ0n) is 15.6. The Labute approximate surface area is 161 Å². The van der Waals surface area contributed by atoms with Crippen LogP contribution in [0.15, 0.2) is 60.7 Å². The fraction of sp³-hybridized carbons (Fsp3) is 0.174. The lowest BCUT2D eigenvalue weighted by Gasteiger charge is -2.35. The lowest BCUT2D eigenvalue weighted by Crippen LogP contribution is -2.42. The number of nitrogens with zero attached hydrogens (tertiary/aromatic N) is 2. The Morgan fingerprint density at radius 3 is 2.64 bits per heavy atom. The third-order valence-corrected chi connectivity index (χ3v) is 5.68. The summed E-state index contributed by atoms with van der Waals surface area (Å²) in [6, 6.07) is 19.5. The van der Waals surface area contributed by atoms with E-state index in [1.807, 2.05) is 67.6 Å². The predicted molar refractivity (Wildman–Crippen MR) is 107 cm³/mol. The average Bonchev–Trinajstić information content (AvgIpc) is 3.11. The molecule has 0 fully saturated rings. The van der Waals surface area contributed by atoms with E-state index in [1.165, 1.54) is 7.11 Å². The number of carbonyl (C=O) groups is 2. The molecule has 0 saturated heterocycles. The second-order valence-electron chi connectivity index (χ2n) is 7.36. The van der Waals surface area contributed by atoms with Crippen molar-refractivity contribution in [2.24, 2.45) is 0 Å². The molecule has 1 aliphatic heterocycles. The van der Waals surface area contributed by atoms with Crippen LogP contribution in [0, 0.1) is 0 Å². The van der Waals surface area contributed by atoms with Crippen molar-refractivity contribution in [1.29, 1.82) is 0 Å². The topological polar surface area (TPSA) is 61.2 Å². The molecular weight excluding hydrogens is 352 g/mol. The number of fused-ring (bicyclic) bond motifs is 7. The van der Waals surface area contributed by atoms with Gasteiger partial charge in [0.15, 0.2) is 0 Å². The molecule has 5 rings (SSSR count). The molecule has 138 valence electrons. The number of imidazole rings is 1. The smallest absolute Gasteiger partial charge is 0.306 e. The lowest BCUT2D eigenvalue weighted by molar-refractivity contribution is -0.141. The summed E-state index contributed by atoms with van der Waals surface area (Å²) in [5, 5.41) is 1.98. The summed E-state index contributed by atoms with van der Waals surface area (Å²) in [5.41, 5.74) is 2.16. The molecule has 28 heavy (non-hydrogen) atoms. The van der Waals surface area contributed by atoms with Crippen LogP contribution in [-0.2, 0) is 14.9 Å². The van der Waals surface area contributed by atoms with Gasteiger partial charge in [-0.25, -0.2) is 4.98 Å². The molecule has 2 heterocycles. The summed E-state index contributed by atoms with van der Waals surface area (Å²) < 4.78 is 6.58. The van der Waals surface area contributed by atoms with E-state index in [4.69, 9.17) is 9.72 Å². The van der Waals surface area contributed by atoms with Gasteiger partial charge in [0.25, 0.3) is 0 Å². The second kappa shape index (κ2) is 5.76. The first-order chi connectivity index (χ1) is 13.5. The number of rotatable bonds is 2. The van der Waals surface area contributed by atoms with Gasteiger partial charge in [0.1, 0.15) is 5.82 Å². The fourth-order valence-corrected chi connectivity index (χ4v) is 4.34. The van der Waals surface area contributed by atoms with Gasteiger partial charge in [0, 0.05) is 5.56 Å². The molecule has 0 bridgehead atoms. The van der Waals surface area contributed by atoms with Crippen LogP contribution in [0.1, 0.15) is 23.7 Å². The Morgan fingerprint density at radius 2 is 1.82 bits per heavy atom. The van der Waals surface area contributed by atoms with Crippen molar-refractivity contribution in [2.45, 2.75) is 18.8 Å². The number of hydrogen-bond acceptors (Lipinski definition) is 4. The quantitative estimate of drug-likeness (QED) is 0.493. The molecule has 1 unspecified atom stereocenters. The van der Waals surface area contributed by atoms with Crippen LogP contribution in [-0.4, -0.2) is 28.5 Å². The van der Waals surface area contributed by atoms with Crippen molar-refractivity contribution < 1.29 is 14.3 Å². The first kappa shape index (κ1) is 16.7. The first-order valence-electron chi connectivity index (χ1n) is 9.16. The van der Waals surface area contributed by atoms with Gasteiger partial charge in [-0.05, 0) is 35.4 Å². The highest BCUT2D eigenvalue weighted by Crippen LogP contribution is 2.46. The van der Waals surface area contributed by atoms with Crippen molar-refractivity contribution >= 4 is 33.7 Å². The SMILES string of the molecule is COC(=O)CC1(C)C(=O)n2c(nc3ccccc32)-c2ccc3ccccc3c21. The van der Waals surface area contributed by atoms with Gasteiger partial charge in [-0.3, -0.25) is 14.2 Å². The molecule has 1 aliphatic rings. The van der Waals surface area contributed by atoms with E-state index >= 15 is 0 Å². The monoisotopic (exact) mass is 370 g/mol. The van der Waals surface area contributed by atoms with E-state index in [2.05, 4.69) is 0 Å². The lowest BCUT2D eigenvalue weighted by atomic mass is 9.72. The molecule has 1 atom stereocenters. The minimum Gasteiger partial charge on any atom is -0.469 e. The van der Waals surface area contributed by atoms with Crippen LogP contribution in [0.4, 0.5) is 0 Å². The number of carbonyl (C=O) groups excluding carboxylic acids is 2. The second-order valence-corrected chi connectivity index (χ2v) is 7.36. The Balaban J connectivity index is 1.93. The molecule has 0 N–H and O–H groups in total. The zero-order chi connectivity index (χ0) is 19.5. The van der Waals surface area contributed by atoms with Crippen LogP contribution in [0.5, 0.6) is 0 Å². The van der Waals surface area contributed by atoms with Gasteiger partial charge in [-0.1, -0.05) is 48.5 Å². The van der Waals surface area contributed by atoms with Gasteiger partial charge in [0.2, 0.25) is 5.91 Å². The normalized spacial score (nSPS) is 18.1. The van der Waals surface area contributed by atoms with Crippen molar-refractivity contribution in [1.82, 2.24) is 9.55 Å². The molecule has 0 amide bonds. The summed E-state index contributed by atoms with van der Waals surface area (Å²) in [6.45, 7) is 1.83. The summed E-state index contributed by atoms with van der Waals surface area (Å²) in [7, 11) is 1.35. The highest BCUT2D eigenvalue weighted by molar-refractivity contribution is 6.10. The number of hydrogen-bond donors (Lipinski definition) is 0. The summed E-state index contributed by atoms with van der Waals surface area (Å²) in [4.78, 5) is 30.8. The maximum absolute atomic E-state index is 13.8. The standard InChI is InChI=1S/C23H18N2O3/c1-23(13-19(26)28-2)20-15-8-4-3-7-14(15)11-12-16(20)21-24-17-9-5-6-10-18(17)25(21)22(23)27/h3-12H,13H2,1-2H3. The summed E-state index contributed by atoms with van der Waals surface area (Å²) >= 11 is 0. The van der Waals surface area contributed by atoms with Gasteiger partial charge >= 0.3 is 5.97 Å². The molecule has 5 nitrogen and oxygen atoms in total. The molecule has 5 heteroatoms. The minimum absolute atomic E-state index is 0.0325. The fourth-order valence-electron chi connectivity index (χ4n) is 4.34. The highest BCUT2D eigenvalue weighted by Gasteiger charge is 2.46. The van der Waals surface area contributed by atoms with Crippen LogP contribution >= 0.6 is 0 Å². The Morgan fingerprint density at radius 1 is 1.07 bits per heavy atom. The molecule has 0 aliphatic carbocycles. The van der Waals surface area contributed by atoms with Crippen molar-refractivity contribution in [2.75, 3.05) is 7.11 Å². The molecule has 3 aromatic carbocycles. The predicted octanol–water partition coefficient (Wildman–Crippen LogP) is 4.33. The molecule has 0 radical (unpaired) electrons. The largest absolute Gasteiger partial charge is 0.469 e. The first-order valence-corrected chi connectivity index (χ1v) is 9.16.